The van der Waals surface area contributed by atoms with Crippen LogP contribution >= 0.6 is 11.3 Å². The molecule has 5 nitrogen and oxygen atoms in total. The van der Waals surface area contributed by atoms with E-state index < -0.39 is 0 Å². The number of nitrogens with zero attached hydrogens (tertiary/aromatic N) is 4. The van der Waals surface area contributed by atoms with Crippen molar-refractivity contribution in [3.63, 3.8) is 0 Å². The summed E-state index contributed by atoms with van der Waals surface area (Å²) in [5.41, 5.74) is 2.72. The second-order valence-corrected chi connectivity index (χ2v) is 6.95. The van der Waals surface area contributed by atoms with Crippen LogP contribution in [0.1, 0.15) is 19.4 Å². The summed E-state index contributed by atoms with van der Waals surface area (Å²) in [6.45, 7) is 4.11. The van der Waals surface area contributed by atoms with Crippen LogP contribution in [0.3, 0.4) is 0 Å². The number of hydrogen-bond acceptors (Lipinski definition) is 5. The molecule has 0 unspecified atom stereocenters. The Morgan fingerprint density at radius 2 is 1.96 bits per heavy atom. The van der Waals surface area contributed by atoms with Gasteiger partial charge in [-0.1, -0.05) is 18.2 Å². The molecule has 0 aliphatic heterocycles. The predicted octanol–water partition coefficient (Wildman–Crippen LogP) is 4.55. The summed E-state index contributed by atoms with van der Waals surface area (Å²) in [5.74, 6) is 0.777. The number of benzene rings is 1. The van der Waals surface area contributed by atoms with E-state index in [2.05, 4.69) is 28.9 Å². The molecule has 3 aromatic heterocycles. The molecular formula is C20H18N4OS. The average molecular weight is 362 g/mol. The van der Waals surface area contributed by atoms with Crippen molar-refractivity contribution in [3.8, 4) is 11.5 Å². The van der Waals surface area contributed by atoms with E-state index in [4.69, 9.17) is 4.42 Å². The van der Waals surface area contributed by atoms with Gasteiger partial charge in [0.05, 0.1) is 6.21 Å². The van der Waals surface area contributed by atoms with Gasteiger partial charge in [-0.15, -0.1) is 11.3 Å². The smallest absolute Gasteiger partial charge is 0.206 e. The van der Waals surface area contributed by atoms with Crippen molar-refractivity contribution in [1.82, 2.24) is 9.66 Å². The molecule has 4 aromatic rings. The number of para-hydroxylation sites is 1. The minimum atomic E-state index is 0.180. The van der Waals surface area contributed by atoms with Crippen LogP contribution < -0.4 is 4.80 Å². The Kier molecular flexibility index (Phi) is 4.50. The average Bonchev–Trinajstić information content (AvgIpc) is 3.24. The summed E-state index contributed by atoms with van der Waals surface area (Å²) >= 11 is 1.55. The van der Waals surface area contributed by atoms with E-state index in [1.807, 2.05) is 52.5 Å². The molecule has 0 aliphatic rings. The number of rotatable bonds is 4. The fourth-order valence-electron chi connectivity index (χ4n) is 2.57. The Bertz CT molecular complexity index is 1090. The highest BCUT2D eigenvalue weighted by atomic mass is 32.1. The second-order valence-electron chi connectivity index (χ2n) is 6.11. The molecule has 0 saturated carbocycles. The summed E-state index contributed by atoms with van der Waals surface area (Å²) in [5, 5.41) is 7.76. The normalized spacial score (nSPS) is 12.7. The van der Waals surface area contributed by atoms with Crippen molar-refractivity contribution < 1.29 is 4.42 Å². The number of thiazole rings is 1. The van der Waals surface area contributed by atoms with Gasteiger partial charge in [-0.25, -0.2) is 4.68 Å². The molecule has 4 rings (SSSR count). The molecule has 0 amide bonds. The summed E-state index contributed by atoms with van der Waals surface area (Å²) in [6.07, 6.45) is 5.30. The van der Waals surface area contributed by atoms with Gasteiger partial charge in [-0.2, -0.15) is 5.10 Å². The summed E-state index contributed by atoms with van der Waals surface area (Å²) in [6, 6.07) is 14.0. The van der Waals surface area contributed by atoms with Crippen molar-refractivity contribution in [2.45, 2.75) is 19.9 Å². The quantitative estimate of drug-likeness (QED) is 0.500. The molecule has 1 aromatic carbocycles. The van der Waals surface area contributed by atoms with E-state index >= 15 is 0 Å². The Labute approximate surface area is 155 Å². The molecule has 26 heavy (non-hydrogen) atoms. The van der Waals surface area contributed by atoms with Gasteiger partial charge in [-0.05, 0) is 43.7 Å². The largest absolute Gasteiger partial charge is 0.454 e. The molecule has 0 atom stereocenters. The van der Waals surface area contributed by atoms with E-state index in [1.165, 1.54) is 0 Å². The summed E-state index contributed by atoms with van der Waals surface area (Å²) in [4.78, 5) is 9.56. The summed E-state index contributed by atoms with van der Waals surface area (Å²) < 4.78 is 7.86. The Morgan fingerprint density at radius 3 is 2.73 bits per heavy atom. The third-order valence-electron chi connectivity index (χ3n) is 3.76. The number of aromatic nitrogens is 2. The van der Waals surface area contributed by atoms with Gasteiger partial charge in [0.25, 0.3) is 0 Å². The molecule has 0 aliphatic carbocycles. The van der Waals surface area contributed by atoms with Gasteiger partial charge in [0.15, 0.2) is 5.76 Å². The van der Waals surface area contributed by atoms with Crippen molar-refractivity contribution in [3.05, 3.63) is 70.6 Å². The maximum absolute atomic E-state index is 6.03. The Hall–Kier alpha value is -2.99. The topological polar surface area (TPSA) is 55.7 Å². The lowest BCUT2D eigenvalue weighted by molar-refractivity contribution is 0.620. The van der Waals surface area contributed by atoms with Gasteiger partial charge in [-0.3, -0.25) is 9.98 Å². The maximum atomic E-state index is 6.03. The van der Waals surface area contributed by atoms with Gasteiger partial charge in [0.1, 0.15) is 11.3 Å². The molecule has 0 saturated heterocycles. The van der Waals surface area contributed by atoms with Crippen LogP contribution in [0.4, 0.5) is 0 Å². The molecule has 130 valence electrons. The van der Waals surface area contributed by atoms with E-state index in [-0.39, 0.29) is 6.04 Å². The highest BCUT2D eigenvalue weighted by Gasteiger charge is 2.12. The van der Waals surface area contributed by atoms with Crippen LogP contribution in [0, 0.1) is 0 Å². The van der Waals surface area contributed by atoms with Crippen LogP contribution in [0.25, 0.3) is 22.4 Å². The zero-order valence-electron chi connectivity index (χ0n) is 14.5. The third-order valence-corrected chi connectivity index (χ3v) is 4.59. The minimum absolute atomic E-state index is 0.180. The van der Waals surface area contributed by atoms with Crippen LogP contribution in [-0.4, -0.2) is 21.9 Å². The van der Waals surface area contributed by atoms with Gasteiger partial charge >= 0.3 is 0 Å². The lowest BCUT2D eigenvalue weighted by atomic mass is 10.2. The third kappa shape index (κ3) is 3.36. The van der Waals surface area contributed by atoms with Gasteiger partial charge in [0.2, 0.25) is 4.80 Å². The van der Waals surface area contributed by atoms with E-state index in [1.54, 1.807) is 29.9 Å². The van der Waals surface area contributed by atoms with Crippen molar-refractivity contribution in [2.75, 3.05) is 0 Å². The lowest BCUT2D eigenvalue weighted by Crippen LogP contribution is -2.14. The van der Waals surface area contributed by atoms with Crippen LogP contribution in [0.15, 0.2) is 74.7 Å². The number of hydrogen-bond donors (Lipinski definition) is 0. The Morgan fingerprint density at radius 1 is 1.15 bits per heavy atom. The number of fused-ring (bicyclic) bond motifs is 1. The number of pyridine rings is 1. The molecular weight excluding hydrogens is 344 g/mol. The molecule has 0 radical (unpaired) electrons. The van der Waals surface area contributed by atoms with Crippen molar-refractivity contribution in [1.29, 1.82) is 0 Å². The van der Waals surface area contributed by atoms with Crippen LogP contribution in [-0.2, 0) is 0 Å². The van der Waals surface area contributed by atoms with Crippen molar-refractivity contribution >= 4 is 28.5 Å². The molecule has 3 heterocycles. The number of furan rings is 1. The van der Waals surface area contributed by atoms with Crippen LogP contribution in [0.5, 0.6) is 0 Å². The fraction of sp³-hybridized carbons (Fsp3) is 0.150. The van der Waals surface area contributed by atoms with E-state index in [0.29, 0.717) is 0 Å². The monoisotopic (exact) mass is 362 g/mol. The second kappa shape index (κ2) is 7.09. The Balaban J connectivity index is 1.84. The highest BCUT2D eigenvalue weighted by Crippen LogP contribution is 2.28. The van der Waals surface area contributed by atoms with Crippen molar-refractivity contribution in [2.24, 2.45) is 10.1 Å². The van der Waals surface area contributed by atoms with Gasteiger partial charge in [0, 0.05) is 29.2 Å². The summed E-state index contributed by atoms with van der Waals surface area (Å²) in [7, 11) is 0. The molecule has 0 N–H and O–H groups in total. The highest BCUT2D eigenvalue weighted by molar-refractivity contribution is 7.07. The fourth-order valence-corrected chi connectivity index (χ4v) is 3.52. The van der Waals surface area contributed by atoms with Gasteiger partial charge < -0.3 is 4.42 Å². The van der Waals surface area contributed by atoms with Crippen LogP contribution in [0.2, 0.25) is 0 Å². The standard InChI is InChI=1S/C20H18N4OS/c1-14(2)23-20-24(22-12-15-7-9-21-10-8-15)17(13-26-20)19-11-16-5-3-4-6-18(16)25-19/h3-14H,1-2H3. The maximum Gasteiger partial charge on any atom is 0.206 e. The predicted molar refractivity (Wildman–Crippen MR) is 105 cm³/mol. The zero-order valence-corrected chi connectivity index (χ0v) is 15.4. The SMILES string of the molecule is CC(C)N=c1scc(-c2cc3ccccc3o2)n1N=Cc1ccncc1. The first kappa shape index (κ1) is 16.5. The minimum Gasteiger partial charge on any atom is -0.454 e. The molecule has 0 spiro atoms. The first-order chi connectivity index (χ1) is 12.7. The zero-order chi connectivity index (χ0) is 17.9. The van der Waals surface area contributed by atoms with E-state index in [9.17, 15) is 0 Å². The lowest BCUT2D eigenvalue weighted by Gasteiger charge is -2.01. The molecule has 0 fully saturated rings. The van der Waals surface area contributed by atoms with E-state index in [0.717, 1.165) is 32.8 Å². The first-order valence-electron chi connectivity index (χ1n) is 8.38. The molecule has 0 bridgehead atoms. The molecule has 6 heteroatoms. The first-order valence-corrected chi connectivity index (χ1v) is 9.26.